The molecule has 19 heavy (non-hydrogen) atoms. The Morgan fingerprint density at radius 1 is 1.37 bits per heavy atom. The molecule has 3 nitrogen and oxygen atoms in total. The third-order valence-electron chi connectivity index (χ3n) is 3.71. The van der Waals surface area contributed by atoms with Gasteiger partial charge in [-0.05, 0) is 26.3 Å². The second-order valence-electron chi connectivity index (χ2n) is 5.78. The third kappa shape index (κ3) is 3.10. The molecule has 1 aromatic rings. The molecular weight excluding hydrogens is 238 g/mol. The van der Waals surface area contributed by atoms with E-state index >= 15 is 0 Å². The molecule has 0 aliphatic carbocycles. The van der Waals surface area contributed by atoms with Crippen molar-refractivity contribution in [3.05, 3.63) is 29.8 Å². The number of hydrogen-bond acceptors (Lipinski definition) is 3. The summed E-state index contributed by atoms with van der Waals surface area (Å²) >= 11 is 0. The van der Waals surface area contributed by atoms with Gasteiger partial charge in [0, 0.05) is 18.7 Å². The van der Waals surface area contributed by atoms with Gasteiger partial charge in [-0.3, -0.25) is 0 Å². The molecule has 2 rings (SSSR count). The highest BCUT2D eigenvalue weighted by atomic mass is 16.5. The number of para-hydroxylation sites is 1. The fourth-order valence-electron chi connectivity index (χ4n) is 2.82. The number of methoxy groups -OCH3 is 1. The predicted molar refractivity (Wildman–Crippen MR) is 77.6 cm³/mol. The minimum Gasteiger partial charge on any atom is -0.486 e. The normalized spacial score (nSPS) is 21.8. The van der Waals surface area contributed by atoms with Crippen LogP contribution >= 0.6 is 0 Å². The predicted octanol–water partition coefficient (Wildman–Crippen LogP) is 3.30. The smallest absolute Gasteiger partial charge is 0.125 e. The number of benzene rings is 1. The van der Waals surface area contributed by atoms with E-state index in [1.807, 2.05) is 12.1 Å². The summed E-state index contributed by atoms with van der Waals surface area (Å²) in [6, 6.07) is 8.88. The lowest BCUT2D eigenvalue weighted by Gasteiger charge is -2.31. The Morgan fingerprint density at radius 3 is 2.79 bits per heavy atom. The largest absolute Gasteiger partial charge is 0.486 e. The monoisotopic (exact) mass is 263 g/mol. The van der Waals surface area contributed by atoms with Crippen molar-refractivity contribution in [2.45, 2.75) is 51.3 Å². The number of nitrogens with one attached hydrogen (secondary N) is 1. The number of ether oxygens (including phenoxy) is 2. The molecule has 1 N–H and O–H groups in total. The summed E-state index contributed by atoms with van der Waals surface area (Å²) in [5, 5.41) is 3.71. The average Bonchev–Trinajstić information content (AvgIpc) is 2.61. The topological polar surface area (TPSA) is 30.5 Å². The fourth-order valence-corrected chi connectivity index (χ4v) is 2.82. The second kappa shape index (κ2) is 5.93. The van der Waals surface area contributed by atoms with E-state index in [2.05, 4.69) is 38.2 Å². The summed E-state index contributed by atoms with van der Waals surface area (Å²) in [4.78, 5) is 0. The SMILES string of the molecule is CCCC(COC)NC1c2ccccc2OC1(C)C. The maximum atomic E-state index is 6.06. The van der Waals surface area contributed by atoms with Crippen LogP contribution in [0, 0.1) is 0 Å². The lowest BCUT2D eigenvalue weighted by molar-refractivity contribution is 0.0778. The van der Waals surface area contributed by atoms with Crippen molar-refractivity contribution < 1.29 is 9.47 Å². The molecule has 1 heterocycles. The highest BCUT2D eigenvalue weighted by molar-refractivity contribution is 5.42. The van der Waals surface area contributed by atoms with Gasteiger partial charge in [0.05, 0.1) is 12.6 Å². The Balaban J connectivity index is 2.17. The van der Waals surface area contributed by atoms with Crippen LogP contribution in [0.3, 0.4) is 0 Å². The van der Waals surface area contributed by atoms with Gasteiger partial charge < -0.3 is 14.8 Å². The summed E-state index contributed by atoms with van der Waals surface area (Å²) in [6.07, 6.45) is 2.26. The van der Waals surface area contributed by atoms with Crippen molar-refractivity contribution in [2.24, 2.45) is 0 Å². The molecule has 1 aromatic carbocycles. The Bertz CT molecular complexity index is 411. The van der Waals surface area contributed by atoms with Crippen LogP contribution in [0.5, 0.6) is 5.75 Å². The zero-order valence-electron chi connectivity index (χ0n) is 12.4. The molecule has 106 valence electrons. The van der Waals surface area contributed by atoms with Gasteiger partial charge in [0.2, 0.25) is 0 Å². The van der Waals surface area contributed by atoms with Crippen LogP contribution in [0.2, 0.25) is 0 Å². The third-order valence-corrected chi connectivity index (χ3v) is 3.71. The molecular formula is C16H25NO2. The molecule has 0 spiro atoms. The number of rotatable bonds is 6. The van der Waals surface area contributed by atoms with Gasteiger partial charge in [-0.15, -0.1) is 0 Å². The van der Waals surface area contributed by atoms with Crippen molar-refractivity contribution in [1.29, 1.82) is 0 Å². The molecule has 0 bridgehead atoms. The molecule has 2 unspecified atom stereocenters. The second-order valence-corrected chi connectivity index (χ2v) is 5.78. The quantitative estimate of drug-likeness (QED) is 0.854. The van der Waals surface area contributed by atoms with Crippen molar-refractivity contribution in [1.82, 2.24) is 5.32 Å². The van der Waals surface area contributed by atoms with Crippen molar-refractivity contribution in [2.75, 3.05) is 13.7 Å². The first-order chi connectivity index (χ1) is 9.08. The van der Waals surface area contributed by atoms with Crippen LogP contribution < -0.4 is 10.1 Å². The van der Waals surface area contributed by atoms with Crippen LogP contribution in [0.4, 0.5) is 0 Å². The Kier molecular flexibility index (Phi) is 4.48. The summed E-state index contributed by atoms with van der Waals surface area (Å²) in [5.74, 6) is 0.998. The highest BCUT2D eigenvalue weighted by Gasteiger charge is 2.41. The van der Waals surface area contributed by atoms with E-state index in [1.54, 1.807) is 7.11 Å². The van der Waals surface area contributed by atoms with E-state index < -0.39 is 0 Å². The maximum absolute atomic E-state index is 6.06. The Morgan fingerprint density at radius 2 is 2.11 bits per heavy atom. The first kappa shape index (κ1) is 14.4. The summed E-state index contributed by atoms with van der Waals surface area (Å²) < 4.78 is 11.4. The van der Waals surface area contributed by atoms with Crippen LogP contribution in [-0.4, -0.2) is 25.4 Å². The van der Waals surface area contributed by atoms with E-state index in [1.165, 1.54) is 5.56 Å². The van der Waals surface area contributed by atoms with Crippen LogP contribution in [0.25, 0.3) is 0 Å². The van der Waals surface area contributed by atoms with Crippen LogP contribution in [-0.2, 0) is 4.74 Å². The van der Waals surface area contributed by atoms with Crippen molar-refractivity contribution >= 4 is 0 Å². The summed E-state index contributed by atoms with van der Waals surface area (Å²) in [7, 11) is 1.76. The van der Waals surface area contributed by atoms with Gasteiger partial charge in [0.25, 0.3) is 0 Å². The van der Waals surface area contributed by atoms with Crippen molar-refractivity contribution in [3.63, 3.8) is 0 Å². The van der Waals surface area contributed by atoms with E-state index in [-0.39, 0.29) is 11.6 Å². The molecule has 3 heteroatoms. The molecule has 0 radical (unpaired) electrons. The molecule has 2 atom stereocenters. The van der Waals surface area contributed by atoms with Gasteiger partial charge in [-0.2, -0.15) is 0 Å². The van der Waals surface area contributed by atoms with Crippen molar-refractivity contribution in [3.8, 4) is 5.75 Å². The van der Waals surface area contributed by atoms with Gasteiger partial charge >= 0.3 is 0 Å². The number of fused-ring (bicyclic) bond motifs is 1. The lowest BCUT2D eigenvalue weighted by atomic mass is 9.93. The van der Waals surface area contributed by atoms with E-state index in [0.717, 1.165) is 25.2 Å². The minimum atomic E-state index is -0.219. The maximum Gasteiger partial charge on any atom is 0.125 e. The Labute approximate surface area is 116 Å². The van der Waals surface area contributed by atoms with Gasteiger partial charge in [0.1, 0.15) is 11.4 Å². The van der Waals surface area contributed by atoms with Crippen LogP contribution in [0.15, 0.2) is 24.3 Å². The molecule has 0 amide bonds. The first-order valence-corrected chi connectivity index (χ1v) is 7.11. The van der Waals surface area contributed by atoms with Gasteiger partial charge in [-0.25, -0.2) is 0 Å². The molecule has 1 aliphatic heterocycles. The zero-order valence-corrected chi connectivity index (χ0v) is 12.4. The standard InChI is InChI=1S/C16H25NO2/c1-5-8-12(11-18-4)17-15-13-9-6-7-10-14(13)19-16(15,2)3/h6-7,9-10,12,15,17H,5,8,11H2,1-4H3. The molecule has 1 aliphatic rings. The molecule has 0 saturated heterocycles. The fraction of sp³-hybridized carbons (Fsp3) is 0.625. The number of hydrogen-bond donors (Lipinski definition) is 1. The van der Waals surface area contributed by atoms with E-state index in [9.17, 15) is 0 Å². The Hall–Kier alpha value is -1.06. The molecule has 0 saturated carbocycles. The average molecular weight is 263 g/mol. The summed E-state index contributed by atoms with van der Waals surface area (Å²) in [6.45, 7) is 7.22. The van der Waals surface area contributed by atoms with Crippen LogP contribution in [0.1, 0.15) is 45.2 Å². The molecule has 0 aromatic heterocycles. The molecule has 0 fully saturated rings. The van der Waals surface area contributed by atoms with E-state index in [0.29, 0.717) is 6.04 Å². The lowest BCUT2D eigenvalue weighted by Crippen LogP contribution is -2.45. The summed E-state index contributed by atoms with van der Waals surface area (Å²) in [5.41, 5.74) is 1.04. The van der Waals surface area contributed by atoms with Gasteiger partial charge in [0.15, 0.2) is 0 Å². The zero-order chi connectivity index (χ0) is 13.9. The minimum absolute atomic E-state index is 0.218. The first-order valence-electron chi connectivity index (χ1n) is 7.11. The van der Waals surface area contributed by atoms with Gasteiger partial charge in [-0.1, -0.05) is 31.5 Å². The highest BCUT2D eigenvalue weighted by Crippen LogP contribution is 2.43. The van der Waals surface area contributed by atoms with E-state index in [4.69, 9.17) is 9.47 Å².